The van der Waals surface area contributed by atoms with Gasteiger partial charge in [-0.15, -0.1) is 12.4 Å². The summed E-state index contributed by atoms with van der Waals surface area (Å²) in [6.45, 7) is 6.25. The first-order valence-electron chi connectivity index (χ1n) is 11.9. The summed E-state index contributed by atoms with van der Waals surface area (Å²) in [5.74, 6) is -0.413. The minimum atomic E-state index is -0.732. The van der Waals surface area contributed by atoms with Crippen molar-refractivity contribution in [2.24, 2.45) is 7.05 Å². The molecule has 0 spiro atoms. The third-order valence-corrected chi connectivity index (χ3v) is 6.99. The lowest BCUT2D eigenvalue weighted by Gasteiger charge is -2.14. The first kappa shape index (κ1) is 25.5. The van der Waals surface area contributed by atoms with Crippen LogP contribution < -0.4 is 0 Å². The highest BCUT2D eigenvalue weighted by Crippen LogP contribution is 2.49. The molecule has 7 nitrogen and oxygen atoms in total. The number of aromatic nitrogens is 5. The van der Waals surface area contributed by atoms with Gasteiger partial charge in [0.25, 0.3) is 0 Å². The molecule has 0 saturated heterocycles. The van der Waals surface area contributed by atoms with Crippen LogP contribution in [0.1, 0.15) is 60.8 Å². The van der Waals surface area contributed by atoms with Gasteiger partial charge in [0.05, 0.1) is 34.4 Å². The molecule has 0 aliphatic heterocycles. The molecule has 0 amide bonds. The third-order valence-electron chi connectivity index (χ3n) is 6.99. The Morgan fingerprint density at radius 1 is 1.08 bits per heavy atom. The number of benzene rings is 1. The zero-order valence-corrected chi connectivity index (χ0v) is 21.7. The van der Waals surface area contributed by atoms with Gasteiger partial charge in [0, 0.05) is 43.2 Å². The fourth-order valence-corrected chi connectivity index (χ4v) is 4.59. The number of rotatable bonds is 7. The molecule has 1 N–H and O–H groups in total. The van der Waals surface area contributed by atoms with Gasteiger partial charge in [-0.2, -0.15) is 5.10 Å². The first-order chi connectivity index (χ1) is 16.8. The van der Waals surface area contributed by atoms with E-state index in [-0.39, 0.29) is 12.4 Å². The number of hydrogen-bond acceptors (Lipinski definition) is 5. The highest BCUT2D eigenvalue weighted by Gasteiger charge is 2.51. The van der Waals surface area contributed by atoms with E-state index in [1.54, 1.807) is 0 Å². The molecule has 4 aromatic rings. The Bertz CT molecular complexity index is 1410. The topological polar surface area (TPSA) is 93.8 Å². The van der Waals surface area contributed by atoms with E-state index in [1.165, 1.54) is 0 Å². The molecule has 1 aliphatic carbocycles. The van der Waals surface area contributed by atoms with E-state index in [2.05, 4.69) is 30.0 Å². The lowest BCUT2D eigenvalue weighted by atomic mass is 9.91. The standard InChI is InChI=1S/C28H29N5O2.ClH/c1-17(2)25-16-29-14-21(32-25)12-26-23(15-31-33(26)4)24-8-5-19(13-30-24)22-7-6-20(11-18(22)3)28(9-10-28)27(34)35;/h5-8,11,13-17H,9-10,12H2,1-4H3,(H,34,35);1H. The Morgan fingerprint density at radius 3 is 2.47 bits per heavy atom. The van der Waals surface area contributed by atoms with E-state index in [4.69, 9.17) is 9.97 Å². The molecule has 1 aliphatic rings. The second-order valence-corrected chi connectivity index (χ2v) is 9.74. The second kappa shape index (κ2) is 9.82. The summed E-state index contributed by atoms with van der Waals surface area (Å²) in [5, 5.41) is 14.1. The fraction of sp³-hybridized carbons (Fsp3) is 0.321. The average molecular weight is 504 g/mol. The molecule has 0 radical (unpaired) electrons. The largest absolute Gasteiger partial charge is 0.481 e. The minimum absolute atomic E-state index is 0. The molecule has 3 heterocycles. The lowest BCUT2D eigenvalue weighted by molar-refractivity contribution is -0.140. The van der Waals surface area contributed by atoms with Crippen LogP contribution in [0, 0.1) is 6.92 Å². The molecule has 0 atom stereocenters. The highest BCUT2D eigenvalue weighted by atomic mass is 35.5. The molecule has 5 rings (SSSR count). The zero-order valence-electron chi connectivity index (χ0n) is 20.9. The average Bonchev–Trinajstić information content (AvgIpc) is 3.59. The molecular formula is C28H30ClN5O2. The predicted octanol–water partition coefficient (Wildman–Crippen LogP) is 5.50. The Hall–Kier alpha value is -3.58. The van der Waals surface area contributed by atoms with Gasteiger partial charge < -0.3 is 5.11 Å². The summed E-state index contributed by atoms with van der Waals surface area (Å²) < 4.78 is 1.87. The molecule has 186 valence electrons. The Labute approximate surface area is 217 Å². The summed E-state index contributed by atoms with van der Waals surface area (Å²) in [5.41, 5.74) is 8.04. The van der Waals surface area contributed by atoms with Crippen LogP contribution in [0.3, 0.4) is 0 Å². The van der Waals surface area contributed by atoms with E-state index in [0.29, 0.717) is 25.2 Å². The van der Waals surface area contributed by atoms with Gasteiger partial charge in [-0.05, 0) is 48.4 Å². The van der Waals surface area contributed by atoms with Gasteiger partial charge in [0.15, 0.2) is 0 Å². The van der Waals surface area contributed by atoms with Crippen molar-refractivity contribution in [2.75, 3.05) is 0 Å². The summed E-state index contributed by atoms with van der Waals surface area (Å²) in [6, 6.07) is 10.0. The van der Waals surface area contributed by atoms with Gasteiger partial charge in [0.1, 0.15) is 0 Å². The molecule has 8 heteroatoms. The number of hydrogen-bond donors (Lipinski definition) is 1. The molecule has 0 unspecified atom stereocenters. The molecule has 3 aromatic heterocycles. The monoisotopic (exact) mass is 503 g/mol. The Kier molecular flexibility index (Phi) is 6.96. The van der Waals surface area contributed by atoms with Crippen molar-refractivity contribution in [3.05, 3.63) is 83.3 Å². The molecule has 36 heavy (non-hydrogen) atoms. The maximum Gasteiger partial charge on any atom is 0.314 e. The normalized spacial score (nSPS) is 13.9. The fourth-order valence-electron chi connectivity index (χ4n) is 4.59. The molecule has 1 saturated carbocycles. The number of carbonyl (C=O) groups is 1. The number of nitrogens with zero attached hydrogens (tertiary/aromatic N) is 5. The summed E-state index contributed by atoms with van der Waals surface area (Å²) >= 11 is 0. The van der Waals surface area contributed by atoms with Crippen LogP contribution in [0.2, 0.25) is 0 Å². The van der Waals surface area contributed by atoms with Gasteiger partial charge in [-0.25, -0.2) is 0 Å². The molecule has 1 fully saturated rings. The minimum Gasteiger partial charge on any atom is -0.481 e. The number of aliphatic carboxylic acids is 1. The highest BCUT2D eigenvalue weighted by molar-refractivity contribution is 5.86. The first-order valence-corrected chi connectivity index (χ1v) is 11.9. The number of aryl methyl sites for hydroxylation is 2. The van der Waals surface area contributed by atoms with Crippen molar-refractivity contribution in [3.63, 3.8) is 0 Å². The van der Waals surface area contributed by atoms with Crippen molar-refractivity contribution in [3.8, 4) is 22.4 Å². The molecular weight excluding hydrogens is 474 g/mol. The van der Waals surface area contributed by atoms with Crippen molar-refractivity contribution in [1.29, 1.82) is 0 Å². The van der Waals surface area contributed by atoms with Crippen LogP contribution >= 0.6 is 12.4 Å². The van der Waals surface area contributed by atoms with Crippen LogP contribution in [-0.4, -0.2) is 35.8 Å². The number of halogens is 1. The van der Waals surface area contributed by atoms with Crippen molar-refractivity contribution in [2.45, 2.75) is 51.4 Å². The quantitative estimate of drug-likeness (QED) is 0.358. The second-order valence-electron chi connectivity index (χ2n) is 9.74. The van der Waals surface area contributed by atoms with Crippen LogP contribution in [0.4, 0.5) is 0 Å². The van der Waals surface area contributed by atoms with E-state index >= 15 is 0 Å². The van der Waals surface area contributed by atoms with Gasteiger partial charge in [-0.1, -0.05) is 38.1 Å². The summed E-state index contributed by atoms with van der Waals surface area (Å²) in [7, 11) is 1.93. The van der Waals surface area contributed by atoms with Gasteiger partial charge in [0.2, 0.25) is 0 Å². The third kappa shape index (κ3) is 4.63. The zero-order chi connectivity index (χ0) is 24.7. The van der Waals surface area contributed by atoms with E-state index in [1.807, 2.05) is 67.7 Å². The van der Waals surface area contributed by atoms with Crippen LogP contribution in [0.15, 0.2) is 55.1 Å². The maximum atomic E-state index is 11.7. The van der Waals surface area contributed by atoms with E-state index in [9.17, 15) is 9.90 Å². The van der Waals surface area contributed by atoms with Gasteiger partial charge >= 0.3 is 5.97 Å². The van der Waals surface area contributed by atoms with E-state index in [0.717, 1.165) is 50.6 Å². The van der Waals surface area contributed by atoms with E-state index < -0.39 is 11.4 Å². The lowest BCUT2D eigenvalue weighted by Crippen LogP contribution is -2.19. The SMILES string of the molecule is Cc1cc(C2(C(=O)O)CC2)ccc1-c1ccc(-c2cnn(C)c2Cc2cncc(C(C)C)n2)nc1.Cl. The van der Waals surface area contributed by atoms with Gasteiger partial charge in [-0.3, -0.25) is 24.4 Å². The predicted molar refractivity (Wildman–Crippen MR) is 141 cm³/mol. The van der Waals surface area contributed by atoms with Crippen molar-refractivity contribution >= 4 is 18.4 Å². The summed E-state index contributed by atoms with van der Waals surface area (Å²) in [6.07, 6.45) is 9.38. The maximum absolute atomic E-state index is 11.7. The Morgan fingerprint density at radius 2 is 1.86 bits per heavy atom. The van der Waals surface area contributed by atoms with Crippen molar-refractivity contribution < 1.29 is 9.90 Å². The molecule has 0 bridgehead atoms. The summed E-state index contributed by atoms with van der Waals surface area (Å²) in [4.78, 5) is 25.6. The molecule has 1 aromatic carbocycles. The van der Waals surface area contributed by atoms with Crippen molar-refractivity contribution in [1.82, 2.24) is 24.7 Å². The number of carboxylic acid groups (broad SMARTS) is 1. The number of carboxylic acids is 1. The Balaban J connectivity index is 0.00000304. The van der Waals surface area contributed by atoms with Crippen LogP contribution in [-0.2, 0) is 23.7 Å². The number of pyridine rings is 1. The van der Waals surface area contributed by atoms with Crippen LogP contribution in [0.25, 0.3) is 22.4 Å². The smallest absolute Gasteiger partial charge is 0.314 e. The van der Waals surface area contributed by atoms with Crippen LogP contribution in [0.5, 0.6) is 0 Å².